The molecule has 160 valence electrons. The van der Waals surface area contributed by atoms with E-state index in [1.54, 1.807) is 29.7 Å². The van der Waals surface area contributed by atoms with Crippen molar-refractivity contribution in [2.24, 2.45) is 5.92 Å². The van der Waals surface area contributed by atoms with Crippen molar-refractivity contribution in [2.75, 3.05) is 13.2 Å². The number of carboxylic acid groups (broad SMARTS) is 1. The van der Waals surface area contributed by atoms with Gasteiger partial charge in [0.05, 0.1) is 25.0 Å². The van der Waals surface area contributed by atoms with Gasteiger partial charge in [-0.1, -0.05) is 13.8 Å². The summed E-state index contributed by atoms with van der Waals surface area (Å²) >= 11 is 2.98. The third-order valence-corrected chi connectivity index (χ3v) is 9.92. The SMILES string of the molecule is CC(C)Cc1ncc(-c2nc3ccc(S(=O)(=O)C4(C(=O)O)CCOCC4)cc3s2)s1. The van der Waals surface area contributed by atoms with Crippen LogP contribution in [-0.2, 0) is 25.8 Å². The molecule has 0 spiro atoms. The second-order valence-corrected chi connectivity index (χ2v) is 12.2. The van der Waals surface area contributed by atoms with E-state index < -0.39 is 20.6 Å². The number of fused-ring (bicyclic) bond motifs is 1. The Morgan fingerprint density at radius 2 is 2.00 bits per heavy atom. The summed E-state index contributed by atoms with van der Waals surface area (Å²) in [6, 6.07) is 4.65. The van der Waals surface area contributed by atoms with Gasteiger partial charge in [-0.05, 0) is 24.1 Å². The van der Waals surface area contributed by atoms with Crippen LogP contribution in [0.25, 0.3) is 20.1 Å². The first kappa shape index (κ1) is 21.4. The molecular weight excluding hydrogens is 444 g/mol. The molecule has 0 radical (unpaired) electrons. The van der Waals surface area contributed by atoms with Crippen LogP contribution in [0.15, 0.2) is 29.3 Å². The second kappa shape index (κ2) is 7.99. The van der Waals surface area contributed by atoms with Crippen molar-refractivity contribution >= 4 is 48.7 Å². The highest BCUT2D eigenvalue weighted by molar-refractivity contribution is 7.93. The number of rotatable bonds is 6. The van der Waals surface area contributed by atoms with Crippen molar-refractivity contribution in [1.82, 2.24) is 9.97 Å². The average molecular weight is 467 g/mol. The quantitative estimate of drug-likeness (QED) is 0.584. The lowest BCUT2D eigenvalue weighted by atomic mass is 9.99. The number of sulfone groups is 1. The van der Waals surface area contributed by atoms with Crippen molar-refractivity contribution < 1.29 is 23.1 Å². The molecule has 0 amide bonds. The zero-order valence-corrected chi connectivity index (χ0v) is 19.1. The third-order valence-electron chi connectivity index (χ3n) is 5.22. The van der Waals surface area contributed by atoms with E-state index in [0.29, 0.717) is 16.1 Å². The summed E-state index contributed by atoms with van der Waals surface area (Å²) < 4.78 is 30.7. The standard InChI is InChI=1S/C20H22N2O5S3/c1-12(2)9-17-21-11-16(28-17)18-22-14-4-3-13(10-15(14)29-18)30(25,26)20(19(23)24)5-7-27-8-6-20/h3-4,10-12H,5-9H2,1-2H3,(H,23,24). The minimum atomic E-state index is -4.09. The number of hydrogen-bond donors (Lipinski definition) is 1. The fourth-order valence-electron chi connectivity index (χ4n) is 3.55. The molecule has 0 unspecified atom stereocenters. The van der Waals surface area contributed by atoms with Crippen LogP contribution in [0.3, 0.4) is 0 Å². The molecule has 3 heterocycles. The van der Waals surface area contributed by atoms with E-state index in [-0.39, 0.29) is 31.0 Å². The largest absolute Gasteiger partial charge is 0.480 e. The molecular formula is C20H22N2O5S3. The predicted octanol–water partition coefficient (Wildman–Crippen LogP) is 4.03. The number of carbonyl (C=O) groups is 1. The number of ether oxygens (including phenoxy) is 1. The van der Waals surface area contributed by atoms with E-state index >= 15 is 0 Å². The molecule has 0 aliphatic carbocycles. The lowest BCUT2D eigenvalue weighted by molar-refractivity contribution is -0.142. The van der Waals surface area contributed by atoms with E-state index in [4.69, 9.17) is 4.74 Å². The van der Waals surface area contributed by atoms with Gasteiger partial charge in [0.25, 0.3) is 0 Å². The summed E-state index contributed by atoms with van der Waals surface area (Å²) in [6.45, 7) is 4.51. The fourth-order valence-corrected chi connectivity index (χ4v) is 7.71. The second-order valence-electron chi connectivity index (χ2n) is 7.78. The normalized spacial score (nSPS) is 16.9. The van der Waals surface area contributed by atoms with Crippen LogP contribution < -0.4 is 0 Å². The highest BCUT2D eigenvalue weighted by atomic mass is 32.2. The Hall–Kier alpha value is -1.88. The molecule has 3 aromatic rings. The topological polar surface area (TPSA) is 106 Å². The molecule has 1 aliphatic heterocycles. The van der Waals surface area contributed by atoms with Gasteiger partial charge in [-0.3, -0.25) is 4.79 Å². The van der Waals surface area contributed by atoms with Crippen LogP contribution in [0.2, 0.25) is 0 Å². The van der Waals surface area contributed by atoms with E-state index in [0.717, 1.165) is 21.3 Å². The summed E-state index contributed by atoms with van der Waals surface area (Å²) in [5, 5.41) is 11.6. The van der Waals surface area contributed by atoms with Gasteiger partial charge in [-0.15, -0.1) is 22.7 Å². The van der Waals surface area contributed by atoms with Gasteiger partial charge in [0.15, 0.2) is 14.6 Å². The number of aromatic nitrogens is 2. The molecule has 0 saturated carbocycles. The Balaban J connectivity index is 1.72. The molecule has 0 bridgehead atoms. The summed E-state index contributed by atoms with van der Waals surface area (Å²) in [5.41, 5.74) is 0.684. The molecule has 7 nitrogen and oxygen atoms in total. The minimum Gasteiger partial charge on any atom is -0.480 e. The molecule has 1 N–H and O–H groups in total. The molecule has 1 aliphatic rings. The maximum Gasteiger partial charge on any atom is 0.325 e. The molecule has 1 fully saturated rings. The molecule has 0 atom stereocenters. The molecule has 1 saturated heterocycles. The smallest absolute Gasteiger partial charge is 0.325 e. The van der Waals surface area contributed by atoms with Gasteiger partial charge in [0.2, 0.25) is 0 Å². The average Bonchev–Trinajstić information content (AvgIpc) is 3.33. The lowest BCUT2D eigenvalue weighted by Gasteiger charge is -2.32. The Labute approximate surface area is 182 Å². The summed E-state index contributed by atoms with van der Waals surface area (Å²) in [7, 11) is -4.09. The van der Waals surface area contributed by atoms with Crippen LogP contribution in [0, 0.1) is 5.92 Å². The van der Waals surface area contributed by atoms with Crippen LogP contribution in [0.4, 0.5) is 0 Å². The Morgan fingerprint density at radius 3 is 2.67 bits per heavy atom. The van der Waals surface area contributed by atoms with Crippen LogP contribution in [0.5, 0.6) is 0 Å². The van der Waals surface area contributed by atoms with Gasteiger partial charge >= 0.3 is 5.97 Å². The minimum absolute atomic E-state index is 0.0132. The van der Waals surface area contributed by atoms with E-state index in [2.05, 4.69) is 23.8 Å². The highest BCUT2D eigenvalue weighted by Gasteiger charge is 2.52. The zero-order chi connectivity index (χ0) is 21.5. The maximum atomic E-state index is 13.3. The predicted molar refractivity (Wildman–Crippen MR) is 117 cm³/mol. The molecule has 1 aromatic carbocycles. The van der Waals surface area contributed by atoms with Crippen molar-refractivity contribution in [3.8, 4) is 9.88 Å². The fraction of sp³-hybridized carbons (Fsp3) is 0.450. The Kier molecular flexibility index (Phi) is 5.69. The summed E-state index contributed by atoms with van der Waals surface area (Å²) in [4.78, 5) is 22.0. The van der Waals surface area contributed by atoms with Crippen molar-refractivity contribution in [2.45, 2.75) is 42.8 Å². The molecule has 2 aromatic heterocycles. The van der Waals surface area contributed by atoms with Crippen LogP contribution >= 0.6 is 22.7 Å². The zero-order valence-electron chi connectivity index (χ0n) is 16.6. The van der Waals surface area contributed by atoms with Gasteiger partial charge in [-0.25, -0.2) is 18.4 Å². The van der Waals surface area contributed by atoms with E-state index in [1.807, 2.05) is 0 Å². The first-order valence-corrected chi connectivity index (χ1v) is 12.8. The maximum absolute atomic E-state index is 13.3. The molecule has 4 rings (SSSR count). The number of aliphatic carboxylic acids is 1. The van der Waals surface area contributed by atoms with E-state index in [1.165, 1.54) is 17.4 Å². The van der Waals surface area contributed by atoms with Gasteiger partial charge in [0.1, 0.15) is 5.01 Å². The Bertz CT molecular complexity index is 1190. The lowest BCUT2D eigenvalue weighted by Crippen LogP contribution is -2.50. The third kappa shape index (κ3) is 3.66. The monoisotopic (exact) mass is 466 g/mol. The molecule has 30 heavy (non-hydrogen) atoms. The highest BCUT2D eigenvalue weighted by Crippen LogP contribution is 2.39. The summed E-state index contributed by atoms with van der Waals surface area (Å²) in [6.07, 6.45) is 2.59. The number of benzene rings is 1. The van der Waals surface area contributed by atoms with Crippen molar-refractivity contribution in [3.05, 3.63) is 29.4 Å². The first-order chi connectivity index (χ1) is 14.2. The number of nitrogens with zero attached hydrogens (tertiary/aromatic N) is 2. The Morgan fingerprint density at radius 1 is 1.27 bits per heavy atom. The summed E-state index contributed by atoms with van der Waals surface area (Å²) in [5.74, 6) is -0.808. The van der Waals surface area contributed by atoms with Crippen molar-refractivity contribution in [3.63, 3.8) is 0 Å². The molecule has 10 heteroatoms. The van der Waals surface area contributed by atoms with Gasteiger partial charge in [0, 0.05) is 38.7 Å². The van der Waals surface area contributed by atoms with Gasteiger partial charge in [-0.2, -0.15) is 0 Å². The van der Waals surface area contributed by atoms with Crippen LogP contribution in [0.1, 0.15) is 31.7 Å². The van der Waals surface area contributed by atoms with E-state index in [9.17, 15) is 18.3 Å². The first-order valence-electron chi connectivity index (χ1n) is 9.64. The number of carboxylic acids is 1. The number of thiazole rings is 2. The van der Waals surface area contributed by atoms with Crippen molar-refractivity contribution in [1.29, 1.82) is 0 Å². The number of hydrogen-bond acceptors (Lipinski definition) is 8. The van der Waals surface area contributed by atoms with Gasteiger partial charge < -0.3 is 9.84 Å². The van der Waals surface area contributed by atoms with Crippen LogP contribution in [-0.4, -0.2) is 47.4 Å².